The maximum Gasteiger partial charge on any atom is 0.237 e. The third kappa shape index (κ3) is 21.0. The molecule has 4 N–H and O–H groups in total. The van der Waals surface area contributed by atoms with Crippen molar-refractivity contribution in [1.29, 1.82) is 0 Å². The van der Waals surface area contributed by atoms with Crippen LogP contribution < -0.4 is 26.2 Å². The third-order valence-electron chi connectivity index (χ3n) is 8.79. The van der Waals surface area contributed by atoms with E-state index in [1.165, 1.54) is 0 Å². The number of rotatable bonds is 28. The molecule has 0 aliphatic heterocycles. The summed E-state index contributed by atoms with van der Waals surface area (Å²) in [5, 5.41) is 11.6. The van der Waals surface area contributed by atoms with Crippen LogP contribution >= 0.6 is 6.49 Å². The van der Waals surface area contributed by atoms with Crippen molar-refractivity contribution in [2.75, 3.05) is 77.7 Å². The van der Waals surface area contributed by atoms with Gasteiger partial charge in [-0.2, -0.15) is 0 Å². The number of hydrogen-bond acceptors (Lipinski definition) is 11. The molecule has 2 rings (SSSR count). The second-order valence-electron chi connectivity index (χ2n) is 13.9. The van der Waals surface area contributed by atoms with Gasteiger partial charge < -0.3 is 44.9 Å². The Kier molecular flexibility index (Phi) is 26.5. The van der Waals surface area contributed by atoms with Crippen LogP contribution in [0.2, 0.25) is 0 Å². The summed E-state index contributed by atoms with van der Waals surface area (Å²) in [6.45, 7) is 9.79. The molecular formula is C39H69N5O9PS-. The van der Waals surface area contributed by atoms with Crippen molar-refractivity contribution < 1.29 is 42.8 Å². The molecule has 2 unspecified atom stereocenters. The molecule has 1 aliphatic carbocycles. The molecule has 55 heavy (non-hydrogen) atoms. The smallest absolute Gasteiger partial charge is 0.237 e. The summed E-state index contributed by atoms with van der Waals surface area (Å²) in [6, 6.07) is 6.34. The summed E-state index contributed by atoms with van der Waals surface area (Å²) in [5.74, 6) is -1.32. The van der Waals surface area contributed by atoms with E-state index >= 15 is 0 Å². The van der Waals surface area contributed by atoms with E-state index in [1.807, 2.05) is 32.9 Å². The van der Waals surface area contributed by atoms with Gasteiger partial charge in [-0.05, 0) is 81.2 Å². The van der Waals surface area contributed by atoms with E-state index in [4.69, 9.17) is 30.5 Å². The van der Waals surface area contributed by atoms with Crippen LogP contribution in [0, 0.1) is 5.92 Å². The molecule has 0 aromatic heterocycles. The molecule has 1 fully saturated rings. The number of ether oxygens (including phenoxy) is 3. The van der Waals surface area contributed by atoms with E-state index < -0.39 is 12.5 Å². The summed E-state index contributed by atoms with van der Waals surface area (Å²) in [4.78, 5) is 67.3. The summed E-state index contributed by atoms with van der Waals surface area (Å²) >= 11 is 5.18. The number of carbonyl (C=O) groups is 4. The van der Waals surface area contributed by atoms with E-state index in [2.05, 4.69) is 21.3 Å². The van der Waals surface area contributed by atoms with Crippen molar-refractivity contribution in [1.82, 2.24) is 20.9 Å². The number of carbonyl (C=O) groups excluding carboxylic acids is 4. The lowest BCUT2D eigenvalue weighted by Crippen LogP contribution is -2.54. The van der Waals surface area contributed by atoms with Crippen LogP contribution in [-0.2, 0) is 56.1 Å². The van der Waals surface area contributed by atoms with Gasteiger partial charge in [0.1, 0.15) is 0 Å². The molecule has 0 radical (unpaired) electrons. The highest BCUT2D eigenvalue weighted by Crippen LogP contribution is 2.46. The first-order valence-electron chi connectivity index (χ1n) is 19.6. The average Bonchev–Trinajstić information content (AvgIpc) is 3.14. The fourth-order valence-corrected chi connectivity index (χ4v) is 6.96. The Labute approximate surface area is 335 Å². The van der Waals surface area contributed by atoms with E-state index in [-0.39, 0.29) is 74.8 Å². The molecule has 1 aliphatic rings. The molecule has 0 bridgehead atoms. The lowest BCUT2D eigenvalue weighted by atomic mass is 9.87. The Morgan fingerprint density at radius 1 is 0.782 bits per heavy atom. The molecule has 1 aromatic rings. The molecule has 0 saturated heterocycles. The highest BCUT2D eigenvalue weighted by molar-refractivity contribution is 8.09. The van der Waals surface area contributed by atoms with Crippen LogP contribution in [0.15, 0.2) is 24.3 Å². The predicted molar refractivity (Wildman–Crippen MR) is 219 cm³/mol. The first-order chi connectivity index (χ1) is 25.9. The van der Waals surface area contributed by atoms with E-state index in [1.54, 1.807) is 30.9 Å². The highest BCUT2D eigenvalue weighted by atomic mass is 32.5. The first-order valence-corrected chi connectivity index (χ1v) is 22.3. The van der Waals surface area contributed by atoms with E-state index in [9.17, 15) is 24.1 Å². The Balaban J connectivity index is 0.0000151. The number of nitrogens with zero attached hydrogens (tertiary/aromatic N) is 1. The lowest BCUT2D eigenvalue weighted by molar-refractivity contribution is -0.189. The monoisotopic (exact) mass is 814 g/mol. The van der Waals surface area contributed by atoms with E-state index in [0.29, 0.717) is 84.1 Å². The lowest BCUT2D eigenvalue weighted by Gasteiger charge is -2.38. The van der Waals surface area contributed by atoms with Gasteiger partial charge in [0.2, 0.25) is 23.6 Å². The average molecular weight is 815 g/mol. The van der Waals surface area contributed by atoms with Gasteiger partial charge >= 0.3 is 0 Å². The Morgan fingerprint density at radius 2 is 1.25 bits per heavy atom. The first kappa shape index (κ1) is 50.5. The largest absolute Gasteiger partial charge is 0.800 e. The number of anilines is 1. The van der Waals surface area contributed by atoms with Crippen molar-refractivity contribution >= 4 is 47.6 Å². The molecule has 0 heterocycles. The van der Waals surface area contributed by atoms with Gasteiger partial charge in [-0.25, -0.2) is 0 Å². The molecular weight excluding hydrogens is 745 g/mol. The summed E-state index contributed by atoms with van der Waals surface area (Å²) in [7, 11) is 0. The standard InChI is InChI=1S/C38H66N5O9PS.CH4/c1-6-20-49-23-17-39-35(44)27-43(28-36(45)40-18-24-50-21-7-2)34(38(47)41-19-25-51-22-8-3)26-30-9-13-32(14-10-30)42-37(46)31-11-15-33(16-12-31)52-53(48,54)29(4)5;/h9-10,13-14,29,31,33-34H,6-8,11-12,15-28H2,1-5H3,(H,39,44)(H,40,45)(H,41,47)(H,42,46)(H,48,54);1H4/p-1. The van der Waals surface area contributed by atoms with Crippen molar-refractivity contribution in [3.05, 3.63) is 29.8 Å². The molecule has 1 saturated carbocycles. The number of nitrogens with one attached hydrogen (secondary N) is 4. The van der Waals surface area contributed by atoms with Gasteiger partial charge in [-0.15, -0.1) is 0 Å². The number of amides is 4. The van der Waals surface area contributed by atoms with Gasteiger partial charge in [0.05, 0.1) is 45.1 Å². The molecule has 14 nitrogen and oxygen atoms in total. The van der Waals surface area contributed by atoms with Crippen molar-refractivity contribution in [3.8, 4) is 0 Å². The predicted octanol–water partition coefficient (Wildman–Crippen LogP) is 3.76. The Morgan fingerprint density at radius 3 is 1.71 bits per heavy atom. The number of hydrogen-bond donors (Lipinski definition) is 4. The minimum atomic E-state index is -3.10. The molecule has 316 valence electrons. The zero-order valence-electron chi connectivity index (χ0n) is 33.0. The summed E-state index contributed by atoms with van der Waals surface area (Å²) < 4.78 is 22.3. The second-order valence-corrected chi connectivity index (χ2v) is 17.7. The van der Waals surface area contributed by atoms with Crippen molar-refractivity contribution in [2.24, 2.45) is 5.92 Å². The van der Waals surface area contributed by atoms with Gasteiger partial charge in [0, 0.05) is 51.1 Å². The third-order valence-corrected chi connectivity index (χ3v) is 12.2. The van der Waals surface area contributed by atoms with Crippen molar-refractivity contribution in [3.63, 3.8) is 0 Å². The van der Waals surface area contributed by atoms with Crippen LogP contribution in [0.25, 0.3) is 0 Å². The minimum absolute atomic E-state index is 0. The highest BCUT2D eigenvalue weighted by Gasteiger charge is 2.31. The topological polar surface area (TPSA) is 180 Å². The molecule has 2 atom stereocenters. The van der Waals surface area contributed by atoms with E-state index in [0.717, 1.165) is 24.8 Å². The van der Waals surface area contributed by atoms with Crippen LogP contribution in [0.5, 0.6) is 0 Å². The van der Waals surface area contributed by atoms with Gasteiger partial charge in [0.15, 0.2) is 0 Å². The molecule has 4 amide bonds. The van der Waals surface area contributed by atoms with Crippen LogP contribution in [0.3, 0.4) is 0 Å². The summed E-state index contributed by atoms with van der Waals surface area (Å²) in [5.41, 5.74) is 1.16. The van der Waals surface area contributed by atoms with Crippen molar-refractivity contribution in [2.45, 2.75) is 111 Å². The number of benzene rings is 1. The van der Waals surface area contributed by atoms with Gasteiger partial charge in [-0.1, -0.05) is 66.0 Å². The normalized spacial score (nSPS) is 17.2. The maximum atomic E-state index is 13.8. The summed E-state index contributed by atoms with van der Waals surface area (Å²) in [6.07, 6.45) is 5.03. The molecule has 16 heteroatoms. The minimum Gasteiger partial charge on any atom is -0.800 e. The SMILES string of the molecule is C.CCCOCCNC(=O)CN(CC(=O)NCCOCCC)C(Cc1ccc(NC(=O)C2CCC(OP([O-])(=S)C(C)C)CC2)cc1)C(=O)NCCOCCC. The second kappa shape index (κ2) is 28.8. The van der Waals surface area contributed by atoms with Gasteiger partial charge in [-0.3, -0.25) is 24.1 Å². The fraction of sp³-hybridized carbons (Fsp3) is 0.744. The quantitative estimate of drug-likeness (QED) is 0.0716. The van der Waals surface area contributed by atoms with Gasteiger partial charge in [0.25, 0.3) is 0 Å². The maximum absolute atomic E-state index is 13.8. The zero-order chi connectivity index (χ0) is 39.8. The Hall–Kier alpha value is -2.49. The molecule has 0 spiro atoms. The van der Waals surface area contributed by atoms with Crippen LogP contribution in [0.4, 0.5) is 5.69 Å². The zero-order valence-corrected chi connectivity index (χ0v) is 34.7. The molecule has 1 aromatic carbocycles. The van der Waals surface area contributed by atoms with Crippen LogP contribution in [-0.4, -0.2) is 119 Å². The van der Waals surface area contributed by atoms with Crippen LogP contribution in [0.1, 0.15) is 92.6 Å². The Bertz CT molecular complexity index is 1270. The fourth-order valence-electron chi connectivity index (χ4n) is 5.72.